The third-order valence-corrected chi connectivity index (χ3v) is 12.5. The summed E-state index contributed by atoms with van der Waals surface area (Å²) in [5, 5.41) is 0.501. The Morgan fingerprint density at radius 1 is 0.807 bits per heavy atom. The molecule has 3 heterocycles. The summed E-state index contributed by atoms with van der Waals surface area (Å²) in [7, 11) is -14.1. The number of carbonyl (C=O) groups excluding carboxylic acids is 3. The van der Waals surface area contributed by atoms with Crippen molar-refractivity contribution in [3.63, 3.8) is 0 Å². The fraction of sp³-hybridized carbons (Fsp3) is 0.444. The SMILES string of the molecule is CC1(C)C(/C=C/C=C2/N(CCCCCC(=O)ON3C(=O)CCC3=O)c3ccc(S(=O)(=O)[O-])cc3C2(C)C)=[N+](CCCS(=O)(=O)[O-])c2ccc(S(=O)(=O)[O-])cc21.[Na+].[Na+]. The fourth-order valence-electron chi connectivity index (χ4n) is 7.25. The number of nitrogens with zero attached hydrogens (tertiary/aromatic N) is 3. The van der Waals surface area contributed by atoms with Gasteiger partial charge in [0.05, 0.1) is 25.3 Å². The zero-order valence-corrected chi connectivity index (χ0v) is 39.1. The van der Waals surface area contributed by atoms with Gasteiger partial charge in [0.1, 0.15) is 26.8 Å². The number of fused-ring (bicyclic) bond motifs is 2. The van der Waals surface area contributed by atoms with Crippen LogP contribution in [-0.4, -0.2) is 90.9 Å². The van der Waals surface area contributed by atoms with Crippen LogP contribution in [0.25, 0.3) is 0 Å². The molecule has 0 unspecified atom stereocenters. The molecule has 2 amide bonds. The summed E-state index contributed by atoms with van der Waals surface area (Å²) in [5.41, 5.74) is 1.92. The summed E-state index contributed by atoms with van der Waals surface area (Å²) in [4.78, 5) is 41.9. The monoisotopic (exact) mass is 865 g/mol. The van der Waals surface area contributed by atoms with Crippen LogP contribution in [0.5, 0.6) is 0 Å². The summed E-state index contributed by atoms with van der Waals surface area (Å²) >= 11 is 0. The topological polar surface area (TPSA) is 242 Å². The van der Waals surface area contributed by atoms with Gasteiger partial charge in [-0.25, -0.2) is 30.0 Å². The zero-order chi connectivity index (χ0) is 40.7. The minimum absolute atomic E-state index is 0. The molecule has 0 atom stereocenters. The van der Waals surface area contributed by atoms with Crippen LogP contribution in [0.2, 0.25) is 0 Å². The smallest absolute Gasteiger partial charge is 0.748 e. The number of carbonyl (C=O) groups is 3. The molecule has 1 fully saturated rings. The predicted octanol–water partition coefficient (Wildman–Crippen LogP) is -2.78. The van der Waals surface area contributed by atoms with Gasteiger partial charge in [0.2, 0.25) is 5.69 Å². The molecular formula is C36H41N3Na2O13S3. The second-order valence-electron chi connectivity index (χ2n) is 14.6. The Hall–Kier alpha value is -2.27. The van der Waals surface area contributed by atoms with Crippen LogP contribution >= 0.6 is 0 Å². The van der Waals surface area contributed by atoms with Gasteiger partial charge in [0.15, 0.2) is 5.71 Å². The molecule has 21 heteroatoms. The molecule has 0 aliphatic carbocycles. The number of imide groups is 1. The molecule has 0 bridgehead atoms. The van der Waals surface area contributed by atoms with Crippen molar-refractivity contribution in [1.29, 1.82) is 0 Å². The van der Waals surface area contributed by atoms with Crippen molar-refractivity contribution in [2.75, 3.05) is 23.7 Å². The van der Waals surface area contributed by atoms with Gasteiger partial charge in [-0.3, -0.25) is 9.59 Å². The number of rotatable bonds is 15. The molecule has 3 aliphatic heterocycles. The summed E-state index contributed by atoms with van der Waals surface area (Å²) in [6.45, 7) is 7.86. The molecule has 3 aliphatic rings. The van der Waals surface area contributed by atoms with Gasteiger partial charge in [-0.05, 0) is 68.7 Å². The molecule has 0 aromatic heterocycles. The normalized spacial score (nSPS) is 18.2. The Kier molecular flexibility index (Phi) is 16.0. The van der Waals surface area contributed by atoms with Crippen LogP contribution in [0.1, 0.15) is 83.8 Å². The molecule has 0 saturated carbocycles. The molecule has 2 aromatic carbocycles. The van der Waals surface area contributed by atoms with Crippen LogP contribution in [0.15, 0.2) is 70.1 Å². The molecule has 57 heavy (non-hydrogen) atoms. The van der Waals surface area contributed by atoms with Gasteiger partial charge in [0.25, 0.3) is 11.8 Å². The molecule has 298 valence electrons. The molecule has 5 rings (SSSR count). The number of anilines is 1. The van der Waals surface area contributed by atoms with Crippen molar-refractivity contribution < 1.29 is 122 Å². The second kappa shape index (κ2) is 18.6. The van der Waals surface area contributed by atoms with E-state index in [9.17, 15) is 53.3 Å². The van der Waals surface area contributed by atoms with Crippen molar-refractivity contribution in [3.05, 3.63) is 71.5 Å². The summed E-state index contributed by atoms with van der Waals surface area (Å²) in [6, 6.07) is 8.09. The van der Waals surface area contributed by atoms with E-state index in [1.165, 1.54) is 30.3 Å². The first kappa shape index (κ1) is 49.1. The van der Waals surface area contributed by atoms with Crippen LogP contribution in [-0.2, 0) is 60.4 Å². The molecule has 16 nitrogen and oxygen atoms in total. The Balaban J connectivity index is 0.00000435. The molecule has 0 radical (unpaired) electrons. The number of unbranched alkanes of at least 4 members (excludes halogenated alkanes) is 2. The van der Waals surface area contributed by atoms with Crippen molar-refractivity contribution in [2.45, 2.75) is 93.3 Å². The first-order valence-corrected chi connectivity index (χ1v) is 21.8. The van der Waals surface area contributed by atoms with E-state index in [1.807, 2.05) is 38.7 Å². The Morgan fingerprint density at radius 3 is 1.96 bits per heavy atom. The number of allylic oxidation sites excluding steroid dienone is 4. The van der Waals surface area contributed by atoms with Crippen LogP contribution in [0, 0.1) is 0 Å². The molecule has 2 aromatic rings. The van der Waals surface area contributed by atoms with Crippen LogP contribution in [0.4, 0.5) is 11.4 Å². The van der Waals surface area contributed by atoms with Gasteiger partial charge in [0, 0.05) is 72.5 Å². The van der Waals surface area contributed by atoms with E-state index >= 15 is 0 Å². The van der Waals surface area contributed by atoms with E-state index in [0.717, 1.165) is 5.70 Å². The zero-order valence-electron chi connectivity index (χ0n) is 32.6. The van der Waals surface area contributed by atoms with Crippen molar-refractivity contribution in [3.8, 4) is 0 Å². The summed E-state index contributed by atoms with van der Waals surface area (Å²) in [6.07, 6.45) is 6.69. The van der Waals surface area contributed by atoms with Gasteiger partial charge >= 0.3 is 65.1 Å². The largest absolute Gasteiger partial charge is 1.00 e. The van der Waals surface area contributed by atoms with Gasteiger partial charge in [-0.1, -0.05) is 26.3 Å². The summed E-state index contributed by atoms with van der Waals surface area (Å²) < 4.78 is 108. The maximum Gasteiger partial charge on any atom is 1.00 e. The minimum Gasteiger partial charge on any atom is -0.748 e. The minimum atomic E-state index is -4.79. The molecule has 1 saturated heterocycles. The Morgan fingerprint density at radius 2 is 1.39 bits per heavy atom. The van der Waals surface area contributed by atoms with Gasteiger partial charge in [-0.2, -0.15) is 4.58 Å². The van der Waals surface area contributed by atoms with E-state index in [1.54, 1.807) is 22.8 Å². The van der Waals surface area contributed by atoms with Crippen molar-refractivity contribution in [1.82, 2.24) is 5.06 Å². The quantitative estimate of drug-likeness (QED) is 0.0579. The number of benzene rings is 2. The predicted molar refractivity (Wildman–Crippen MR) is 194 cm³/mol. The van der Waals surface area contributed by atoms with E-state index in [-0.39, 0.29) is 96.2 Å². The first-order chi connectivity index (χ1) is 25.4. The van der Waals surface area contributed by atoms with E-state index in [2.05, 4.69) is 0 Å². The number of amides is 2. The van der Waals surface area contributed by atoms with Crippen molar-refractivity contribution >= 4 is 65.2 Å². The van der Waals surface area contributed by atoms with Crippen molar-refractivity contribution in [2.24, 2.45) is 0 Å². The number of hydroxylamine groups is 2. The maximum absolute atomic E-state index is 12.3. The Labute approximate surface area is 377 Å². The third-order valence-electron chi connectivity index (χ3n) is 10.0. The number of hydrogen-bond acceptors (Lipinski definition) is 14. The van der Waals surface area contributed by atoms with E-state index in [0.29, 0.717) is 59.1 Å². The maximum atomic E-state index is 12.3. The molecule has 0 N–H and O–H groups in total. The van der Waals surface area contributed by atoms with E-state index < -0.39 is 69.6 Å². The van der Waals surface area contributed by atoms with Gasteiger partial charge in [-0.15, -0.1) is 5.06 Å². The fourth-order valence-corrected chi connectivity index (χ4v) is 8.73. The molecular weight excluding hydrogens is 825 g/mol. The summed E-state index contributed by atoms with van der Waals surface area (Å²) in [5.74, 6) is -2.48. The average Bonchev–Trinajstić information content (AvgIpc) is 3.58. The average molecular weight is 866 g/mol. The van der Waals surface area contributed by atoms with Crippen LogP contribution in [0.3, 0.4) is 0 Å². The van der Waals surface area contributed by atoms with Crippen LogP contribution < -0.4 is 64.0 Å². The third kappa shape index (κ3) is 11.1. The Bertz CT molecular complexity index is 2360. The first-order valence-electron chi connectivity index (χ1n) is 17.5. The second-order valence-corrected chi connectivity index (χ2v) is 18.9. The standard InChI is InChI=1S/C36H43N3O13S3.2Na/c1-35(2)26-22-24(54(46,47)48)13-15-28(26)37(19-7-5-6-12-34(42)52-39-32(40)17-18-33(39)41)30(35)10-8-11-31-36(3,4)27-23-25(55(49,50)51)14-16-29(27)38(31)20-9-21-53(43,44)45;;/h8,10-11,13-16,22-23H,5-7,9,12,17-21H2,1-4H3,(H2-,43,44,45,46,47,48,49,50,51);;/q;2*+1/p-2. The molecule has 0 spiro atoms. The van der Waals surface area contributed by atoms with E-state index in [4.69, 9.17) is 4.84 Å². The number of hydrogen-bond donors (Lipinski definition) is 0. The van der Waals surface area contributed by atoms with Gasteiger partial charge < -0.3 is 23.4 Å².